The Bertz CT molecular complexity index is 507. The van der Waals surface area contributed by atoms with Crippen LogP contribution in [0.3, 0.4) is 0 Å². The Hall–Kier alpha value is -1.29. The number of hydrogen-bond donors (Lipinski definition) is 0. The van der Waals surface area contributed by atoms with Gasteiger partial charge in [-0.15, -0.1) is 0 Å². The minimum Gasteiger partial charge on any atom is -0.255 e. The number of para-hydroxylation sites is 1. The lowest BCUT2D eigenvalue weighted by Gasteiger charge is -2.09. The Balaban J connectivity index is 2.83. The molecule has 0 aliphatic heterocycles. The SMILES string of the molecule is FC(F)(F)c1ccnc2c(Cl)cccc12. The first-order valence-electron chi connectivity index (χ1n) is 4.10. The van der Waals surface area contributed by atoms with Gasteiger partial charge in [0.05, 0.1) is 16.1 Å². The van der Waals surface area contributed by atoms with Crippen LogP contribution in [0, 0.1) is 0 Å². The number of aromatic nitrogens is 1. The van der Waals surface area contributed by atoms with Gasteiger partial charge in [-0.3, -0.25) is 4.98 Å². The minimum atomic E-state index is -4.38. The molecule has 5 heteroatoms. The zero-order valence-corrected chi connectivity index (χ0v) is 8.10. The first-order valence-corrected chi connectivity index (χ1v) is 4.48. The fraction of sp³-hybridized carbons (Fsp3) is 0.100. The molecule has 2 rings (SSSR count). The highest BCUT2D eigenvalue weighted by Crippen LogP contribution is 2.35. The summed E-state index contributed by atoms with van der Waals surface area (Å²) in [5.74, 6) is 0. The largest absolute Gasteiger partial charge is 0.417 e. The van der Waals surface area contributed by atoms with E-state index in [1.807, 2.05) is 0 Å². The molecule has 2 aromatic rings. The van der Waals surface area contributed by atoms with Crippen LogP contribution in [-0.4, -0.2) is 4.98 Å². The fourth-order valence-corrected chi connectivity index (χ4v) is 1.61. The Kier molecular flexibility index (Phi) is 2.31. The third-order valence-corrected chi connectivity index (χ3v) is 2.33. The molecule has 1 aromatic heterocycles. The molecule has 78 valence electrons. The Morgan fingerprint density at radius 1 is 1.13 bits per heavy atom. The number of alkyl halides is 3. The molecule has 0 fully saturated rings. The summed E-state index contributed by atoms with van der Waals surface area (Å²) in [6, 6.07) is 5.29. The number of fused-ring (bicyclic) bond motifs is 1. The summed E-state index contributed by atoms with van der Waals surface area (Å²) < 4.78 is 37.7. The van der Waals surface area contributed by atoms with Gasteiger partial charge in [0.1, 0.15) is 0 Å². The second-order valence-electron chi connectivity index (χ2n) is 2.99. The van der Waals surface area contributed by atoms with Crippen molar-refractivity contribution in [1.29, 1.82) is 0 Å². The molecule has 1 nitrogen and oxygen atoms in total. The van der Waals surface area contributed by atoms with Gasteiger partial charge in [-0.2, -0.15) is 13.2 Å². The molecule has 0 radical (unpaired) electrons. The first kappa shape index (κ1) is 10.2. The molecule has 15 heavy (non-hydrogen) atoms. The third kappa shape index (κ3) is 1.77. The van der Waals surface area contributed by atoms with Crippen molar-refractivity contribution in [2.24, 2.45) is 0 Å². The van der Waals surface area contributed by atoms with E-state index in [-0.39, 0.29) is 15.9 Å². The van der Waals surface area contributed by atoms with E-state index in [1.54, 1.807) is 0 Å². The highest BCUT2D eigenvalue weighted by molar-refractivity contribution is 6.35. The summed E-state index contributed by atoms with van der Waals surface area (Å²) in [7, 11) is 0. The summed E-state index contributed by atoms with van der Waals surface area (Å²) in [5.41, 5.74) is -0.538. The normalized spacial score (nSPS) is 12.0. The first-order chi connectivity index (χ1) is 7.00. The quantitative estimate of drug-likeness (QED) is 0.670. The summed E-state index contributed by atoms with van der Waals surface area (Å²) in [6.45, 7) is 0. The maximum Gasteiger partial charge on any atom is 0.417 e. The predicted molar refractivity (Wildman–Crippen MR) is 51.8 cm³/mol. The van der Waals surface area contributed by atoms with Gasteiger partial charge in [0.15, 0.2) is 0 Å². The zero-order chi connectivity index (χ0) is 11.1. The molecule has 0 unspecified atom stereocenters. The Morgan fingerprint density at radius 2 is 1.87 bits per heavy atom. The molecule has 0 N–H and O–H groups in total. The average Bonchev–Trinajstić information content (AvgIpc) is 2.16. The average molecular weight is 232 g/mol. The topological polar surface area (TPSA) is 12.9 Å². The lowest BCUT2D eigenvalue weighted by atomic mass is 10.1. The van der Waals surface area contributed by atoms with Crippen molar-refractivity contribution < 1.29 is 13.2 Å². The van der Waals surface area contributed by atoms with Crippen LogP contribution in [0.4, 0.5) is 13.2 Å². The van der Waals surface area contributed by atoms with E-state index in [0.717, 1.165) is 12.3 Å². The molecule has 0 amide bonds. The Labute approximate surface area is 88.5 Å². The van der Waals surface area contributed by atoms with Crippen LogP contribution in [0.2, 0.25) is 5.02 Å². The molecule has 0 spiro atoms. The molecular formula is C10H5ClF3N. The summed E-state index contributed by atoms with van der Waals surface area (Å²) >= 11 is 5.75. The van der Waals surface area contributed by atoms with Crippen molar-refractivity contribution >= 4 is 22.5 Å². The van der Waals surface area contributed by atoms with E-state index in [1.165, 1.54) is 18.2 Å². The summed E-state index contributed by atoms with van der Waals surface area (Å²) in [6.07, 6.45) is -3.27. The molecule has 0 aliphatic carbocycles. The van der Waals surface area contributed by atoms with Gasteiger partial charge >= 0.3 is 6.18 Å². The van der Waals surface area contributed by atoms with Crippen LogP contribution in [-0.2, 0) is 6.18 Å². The van der Waals surface area contributed by atoms with Crippen molar-refractivity contribution in [3.63, 3.8) is 0 Å². The van der Waals surface area contributed by atoms with E-state index in [9.17, 15) is 13.2 Å². The number of hydrogen-bond acceptors (Lipinski definition) is 1. The van der Waals surface area contributed by atoms with Crippen LogP contribution in [0.5, 0.6) is 0 Å². The molecule has 0 atom stereocenters. The van der Waals surface area contributed by atoms with E-state index in [4.69, 9.17) is 11.6 Å². The third-order valence-electron chi connectivity index (χ3n) is 2.03. The number of halogens is 4. The highest BCUT2D eigenvalue weighted by Gasteiger charge is 2.32. The monoisotopic (exact) mass is 231 g/mol. The van der Waals surface area contributed by atoms with E-state index in [0.29, 0.717) is 0 Å². The lowest BCUT2D eigenvalue weighted by molar-refractivity contribution is -0.136. The minimum absolute atomic E-state index is 0.0255. The highest BCUT2D eigenvalue weighted by atomic mass is 35.5. The van der Waals surface area contributed by atoms with E-state index in [2.05, 4.69) is 4.98 Å². The Morgan fingerprint density at radius 3 is 2.53 bits per heavy atom. The van der Waals surface area contributed by atoms with Crippen molar-refractivity contribution in [2.75, 3.05) is 0 Å². The van der Waals surface area contributed by atoms with Gasteiger partial charge in [-0.05, 0) is 12.1 Å². The standard InChI is InChI=1S/C10H5ClF3N/c11-8-3-1-2-6-7(10(12,13)14)4-5-15-9(6)8/h1-5H. The molecule has 1 aromatic carbocycles. The van der Waals surface area contributed by atoms with Crippen molar-refractivity contribution in [3.8, 4) is 0 Å². The molecule has 0 saturated heterocycles. The number of pyridine rings is 1. The molecule has 0 bridgehead atoms. The maximum atomic E-state index is 12.6. The molecule has 1 heterocycles. The van der Waals surface area contributed by atoms with Crippen molar-refractivity contribution in [3.05, 3.63) is 41.0 Å². The van der Waals surface area contributed by atoms with Gasteiger partial charge < -0.3 is 0 Å². The van der Waals surface area contributed by atoms with Crippen LogP contribution in [0.1, 0.15) is 5.56 Å². The van der Waals surface area contributed by atoms with Crippen molar-refractivity contribution in [1.82, 2.24) is 4.98 Å². The van der Waals surface area contributed by atoms with Crippen LogP contribution < -0.4 is 0 Å². The maximum absolute atomic E-state index is 12.6. The molecular weight excluding hydrogens is 227 g/mol. The zero-order valence-electron chi connectivity index (χ0n) is 7.35. The van der Waals surface area contributed by atoms with Crippen LogP contribution in [0.25, 0.3) is 10.9 Å². The second kappa shape index (κ2) is 3.38. The van der Waals surface area contributed by atoms with E-state index >= 15 is 0 Å². The molecule has 0 saturated carbocycles. The predicted octanol–water partition coefficient (Wildman–Crippen LogP) is 3.91. The summed E-state index contributed by atoms with van der Waals surface area (Å²) in [5, 5.41) is 0.246. The number of rotatable bonds is 0. The van der Waals surface area contributed by atoms with Crippen LogP contribution >= 0.6 is 11.6 Å². The van der Waals surface area contributed by atoms with Gasteiger partial charge in [0.2, 0.25) is 0 Å². The van der Waals surface area contributed by atoms with Gasteiger partial charge in [0, 0.05) is 11.6 Å². The van der Waals surface area contributed by atoms with E-state index < -0.39 is 11.7 Å². The number of benzene rings is 1. The molecule has 0 aliphatic rings. The fourth-order valence-electron chi connectivity index (χ4n) is 1.39. The number of nitrogens with zero attached hydrogens (tertiary/aromatic N) is 1. The van der Waals surface area contributed by atoms with Gasteiger partial charge in [-0.1, -0.05) is 23.7 Å². The summed E-state index contributed by atoms with van der Waals surface area (Å²) in [4.78, 5) is 3.82. The lowest BCUT2D eigenvalue weighted by Crippen LogP contribution is -2.06. The van der Waals surface area contributed by atoms with Crippen LogP contribution in [0.15, 0.2) is 30.5 Å². The smallest absolute Gasteiger partial charge is 0.255 e. The van der Waals surface area contributed by atoms with Gasteiger partial charge in [-0.25, -0.2) is 0 Å². The second-order valence-corrected chi connectivity index (χ2v) is 3.40. The van der Waals surface area contributed by atoms with Crippen molar-refractivity contribution in [2.45, 2.75) is 6.18 Å². The van der Waals surface area contributed by atoms with Gasteiger partial charge in [0.25, 0.3) is 0 Å².